The molecule has 0 radical (unpaired) electrons. The number of nitrogens with one attached hydrogen (secondary N) is 1. The molecule has 0 fully saturated rings. The van der Waals surface area contributed by atoms with Crippen LogP contribution in [0.2, 0.25) is 0 Å². The molecule has 0 atom stereocenters. The lowest BCUT2D eigenvalue weighted by Crippen LogP contribution is -2.13. The third-order valence-corrected chi connectivity index (χ3v) is 3.43. The minimum Gasteiger partial charge on any atom is -0.493 e. The van der Waals surface area contributed by atoms with Crippen molar-refractivity contribution >= 4 is 11.9 Å². The minimum atomic E-state index is -0.706. The summed E-state index contributed by atoms with van der Waals surface area (Å²) in [7, 11) is 1.44. The summed E-state index contributed by atoms with van der Waals surface area (Å²) >= 11 is 0. The molecule has 3 aromatic rings. The third-order valence-electron chi connectivity index (χ3n) is 3.43. The second-order valence-corrected chi connectivity index (χ2v) is 5.01. The van der Waals surface area contributed by atoms with Crippen molar-refractivity contribution < 1.29 is 19.1 Å². The van der Waals surface area contributed by atoms with Crippen LogP contribution in [0.25, 0.3) is 11.3 Å². The first-order valence-corrected chi connectivity index (χ1v) is 7.26. The average molecular weight is 338 g/mol. The zero-order valence-corrected chi connectivity index (χ0v) is 13.2. The van der Waals surface area contributed by atoms with Crippen molar-refractivity contribution in [3.8, 4) is 22.8 Å². The zero-order chi connectivity index (χ0) is 17.8. The van der Waals surface area contributed by atoms with Gasteiger partial charge in [-0.25, -0.2) is 4.79 Å². The first-order valence-electron chi connectivity index (χ1n) is 7.26. The molecule has 0 saturated carbocycles. The van der Waals surface area contributed by atoms with Crippen molar-refractivity contribution in [3.63, 3.8) is 0 Å². The highest BCUT2D eigenvalue weighted by Crippen LogP contribution is 2.33. The van der Waals surface area contributed by atoms with Crippen LogP contribution in [0.3, 0.4) is 0 Å². The minimum absolute atomic E-state index is 0.0103. The molecule has 3 rings (SSSR count). The van der Waals surface area contributed by atoms with Gasteiger partial charge in [0, 0.05) is 5.56 Å². The number of methoxy groups -OCH3 is 1. The number of primary amides is 1. The predicted molar refractivity (Wildman–Crippen MR) is 88.3 cm³/mol. The first-order chi connectivity index (χ1) is 12.1. The van der Waals surface area contributed by atoms with Gasteiger partial charge in [0.05, 0.1) is 12.7 Å². The molecule has 0 saturated heterocycles. The summed E-state index contributed by atoms with van der Waals surface area (Å²) in [5, 5.41) is 10.00. The van der Waals surface area contributed by atoms with Crippen LogP contribution in [0.15, 0.2) is 48.5 Å². The molecule has 25 heavy (non-hydrogen) atoms. The number of hydrogen-bond donors (Lipinski definition) is 2. The van der Waals surface area contributed by atoms with Crippen LogP contribution in [0, 0.1) is 0 Å². The van der Waals surface area contributed by atoms with E-state index in [0.29, 0.717) is 16.9 Å². The van der Waals surface area contributed by atoms with Crippen LogP contribution in [-0.4, -0.2) is 34.4 Å². The van der Waals surface area contributed by atoms with E-state index in [2.05, 4.69) is 15.4 Å². The number of ether oxygens (including phenoxy) is 2. The fourth-order valence-corrected chi connectivity index (χ4v) is 2.24. The number of hydrogen-bond acceptors (Lipinski definition) is 6. The maximum Gasteiger partial charge on any atom is 0.343 e. The summed E-state index contributed by atoms with van der Waals surface area (Å²) in [6.45, 7) is 0. The summed E-state index contributed by atoms with van der Waals surface area (Å²) in [5.74, 6) is -0.669. The summed E-state index contributed by atoms with van der Waals surface area (Å²) in [5.41, 5.74) is 6.52. The van der Waals surface area contributed by atoms with E-state index in [1.807, 2.05) is 0 Å². The molecular formula is C17H14N4O4. The molecule has 1 amide bonds. The van der Waals surface area contributed by atoms with Crippen molar-refractivity contribution in [3.05, 3.63) is 59.8 Å². The number of H-pyrrole nitrogens is 1. The van der Waals surface area contributed by atoms with Gasteiger partial charge in [0.1, 0.15) is 5.69 Å². The highest BCUT2D eigenvalue weighted by Gasteiger charge is 2.18. The number of rotatable bonds is 5. The van der Waals surface area contributed by atoms with E-state index in [0.717, 1.165) is 0 Å². The molecule has 0 bridgehead atoms. The molecule has 0 aliphatic rings. The summed E-state index contributed by atoms with van der Waals surface area (Å²) < 4.78 is 10.6. The number of carbonyl (C=O) groups is 2. The van der Waals surface area contributed by atoms with Crippen molar-refractivity contribution in [2.45, 2.75) is 0 Å². The molecule has 0 spiro atoms. The maximum atomic E-state index is 12.2. The Morgan fingerprint density at radius 2 is 1.80 bits per heavy atom. The van der Waals surface area contributed by atoms with Crippen molar-refractivity contribution in [2.24, 2.45) is 5.73 Å². The van der Waals surface area contributed by atoms with E-state index in [1.54, 1.807) is 48.5 Å². The van der Waals surface area contributed by atoms with Gasteiger partial charge < -0.3 is 15.2 Å². The van der Waals surface area contributed by atoms with Gasteiger partial charge in [-0.1, -0.05) is 18.2 Å². The molecular weight excluding hydrogens is 324 g/mol. The standard InChI is InChI=1S/C17H14N4O4/c1-24-13-9-11(14-15(16(18)22)20-21-19-14)7-8-12(13)25-17(23)10-5-3-2-4-6-10/h2-9H,1H3,(H2,18,22)(H,19,20,21). The maximum absolute atomic E-state index is 12.2. The van der Waals surface area contributed by atoms with Crippen molar-refractivity contribution in [2.75, 3.05) is 7.11 Å². The molecule has 1 aromatic heterocycles. The van der Waals surface area contributed by atoms with E-state index in [1.165, 1.54) is 7.11 Å². The number of nitrogens with zero attached hydrogens (tertiary/aromatic N) is 2. The van der Waals surface area contributed by atoms with Crippen molar-refractivity contribution in [1.82, 2.24) is 15.4 Å². The smallest absolute Gasteiger partial charge is 0.343 e. The normalized spacial score (nSPS) is 10.3. The number of aromatic amines is 1. The van der Waals surface area contributed by atoms with E-state index in [-0.39, 0.29) is 17.1 Å². The molecule has 8 nitrogen and oxygen atoms in total. The Kier molecular flexibility index (Phi) is 4.42. The Balaban J connectivity index is 1.91. The lowest BCUT2D eigenvalue weighted by Gasteiger charge is -2.10. The van der Waals surface area contributed by atoms with E-state index in [4.69, 9.17) is 15.2 Å². The van der Waals surface area contributed by atoms with Gasteiger partial charge in [0.25, 0.3) is 5.91 Å². The first kappa shape index (κ1) is 16.2. The second-order valence-electron chi connectivity index (χ2n) is 5.01. The second kappa shape index (κ2) is 6.83. The Bertz CT molecular complexity index is 921. The van der Waals surface area contributed by atoms with Gasteiger partial charge in [-0.3, -0.25) is 4.79 Å². The fraction of sp³-hybridized carbons (Fsp3) is 0.0588. The Labute approximate surface area is 142 Å². The summed E-state index contributed by atoms with van der Waals surface area (Å²) in [6, 6.07) is 13.3. The van der Waals surface area contributed by atoms with E-state index < -0.39 is 11.9 Å². The molecule has 0 aliphatic carbocycles. The lowest BCUT2D eigenvalue weighted by molar-refractivity contribution is 0.0729. The Morgan fingerprint density at radius 1 is 1.04 bits per heavy atom. The average Bonchev–Trinajstić information content (AvgIpc) is 3.13. The zero-order valence-electron chi connectivity index (χ0n) is 13.2. The van der Waals surface area contributed by atoms with Gasteiger partial charge in [0.15, 0.2) is 17.2 Å². The highest BCUT2D eigenvalue weighted by atomic mass is 16.6. The molecule has 0 unspecified atom stereocenters. The molecule has 126 valence electrons. The largest absolute Gasteiger partial charge is 0.493 e. The SMILES string of the molecule is COc1cc(-c2n[nH]nc2C(N)=O)ccc1OC(=O)c1ccccc1. The van der Waals surface area contributed by atoms with Gasteiger partial charge >= 0.3 is 5.97 Å². The molecule has 8 heteroatoms. The molecule has 1 heterocycles. The molecule has 3 N–H and O–H groups in total. The van der Waals surface area contributed by atoms with Gasteiger partial charge in [-0.05, 0) is 30.3 Å². The van der Waals surface area contributed by atoms with Gasteiger partial charge in [-0.15, -0.1) is 0 Å². The number of aromatic nitrogens is 3. The number of nitrogens with two attached hydrogens (primary N) is 1. The Morgan fingerprint density at radius 3 is 2.48 bits per heavy atom. The number of carbonyl (C=O) groups excluding carboxylic acids is 2. The van der Waals surface area contributed by atoms with Gasteiger partial charge in [-0.2, -0.15) is 15.4 Å². The van der Waals surface area contributed by atoms with Crippen LogP contribution in [0.1, 0.15) is 20.8 Å². The van der Waals surface area contributed by atoms with Crippen LogP contribution >= 0.6 is 0 Å². The van der Waals surface area contributed by atoms with Crippen molar-refractivity contribution in [1.29, 1.82) is 0 Å². The number of esters is 1. The third kappa shape index (κ3) is 3.32. The lowest BCUT2D eigenvalue weighted by atomic mass is 10.1. The van der Waals surface area contributed by atoms with E-state index >= 15 is 0 Å². The molecule has 0 aliphatic heterocycles. The summed E-state index contributed by atoms with van der Waals surface area (Å²) in [4.78, 5) is 23.6. The van der Waals surface area contributed by atoms with E-state index in [9.17, 15) is 9.59 Å². The van der Waals surface area contributed by atoms with Gasteiger partial charge in [0.2, 0.25) is 0 Å². The fourth-order valence-electron chi connectivity index (χ4n) is 2.24. The van der Waals surface area contributed by atoms with Crippen LogP contribution in [-0.2, 0) is 0 Å². The number of amides is 1. The predicted octanol–water partition coefficient (Wildman–Crippen LogP) is 1.80. The number of benzene rings is 2. The highest BCUT2D eigenvalue weighted by molar-refractivity contribution is 5.97. The molecule has 2 aromatic carbocycles. The van der Waals surface area contributed by atoms with Crippen LogP contribution < -0.4 is 15.2 Å². The topological polar surface area (TPSA) is 120 Å². The van der Waals surface area contributed by atoms with Crippen LogP contribution in [0.4, 0.5) is 0 Å². The quantitative estimate of drug-likeness (QED) is 0.540. The summed E-state index contributed by atoms with van der Waals surface area (Å²) in [6.07, 6.45) is 0. The monoisotopic (exact) mass is 338 g/mol. The van der Waals surface area contributed by atoms with Crippen LogP contribution in [0.5, 0.6) is 11.5 Å². The Hall–Kier alpha value is -3.68.